The summed E-state index contributed by atoms with van der Waals surface area (Å²) >= 11 is 5.76. The second kappa shape index (κ2) is 9.34. The standard InChI is InChI=1S/C18H14ClN3O6/c1-11(28-15-5-2-13(19)3-6-15)18(24)27-10-17(23)21-16-7-4-14(22(25)26)8-12(16)9-20/h2-8,11H,10H2,1H3,(H,21,23)/t11-/m1/s1. The van der Waals surface area contributed by atoms with Gasteiger partial charge in [0.1, 0.15) is 11.8 Å². The SMILES string of the molecule is C[C@@H](Oc1ccc(Cl)cc1)C(=O)OCC(=O)Nc1ccc([N+](=O)[O-])cc1C#N. The summed E-state index contributed by atoms with van der Waals surface area (Å²) in [6.07, 6.45) is -0.969. The number of nitro benzene ring substituents is 1. The van der Waals surface area contributed by atoms with E-state index in [2.05, 4.69) is 5.32 Å². The van der Waals surface area contributed by atoms with Gasteiger partial charge in [0.2, 0.25) is 0 Å². The van der Waals surface area contributed by atoms with Crippen LogP contribution in [0.3, 0.4) is 0 Å². The molecule has 2 rings (SSSR count). The number of anilines is 1. The highest BCUT2D eigenvalue weighted by Crippen LogP contribution is 2.21. The van der Waals surface area contributed by atoms with E-state index >= 15 is 0 Å². The van der Waals surface area contributed by atoms with E-state index in [0.29, 0.717) is 10.8 Å². The summed E-state index contributed by atoms with van der Waals surface area (Å²) in [5, 5.41) is 22.7. The molecule has 0 bridgehead atoms. The topological polar surface area (TPSA) is 132 Å². The molecule has 0 aliphatic rings. The molecule has 2 aromatic carbocycles. The Morgan fingerprint density at radius 2 is 1.96 bits per heavy atom. The maximum absolute atomic E-state index is 11.9. The summed E-state index contributed by atoms with van der Waals surface area (Å²) < 4.78 is 10.3. The Morgan fingerprint density at radius 1 is 1.29 bits per heavy atom. The van der Waals surface area contributed by atoms with Crippen molar-refractivity contribution in [3.8, 4) is 11.8 Å². The Hall–Kier alpha value is -3.64. The fourth-order valence-electron chi connectivity index (χ4n) is 2.05. The van der Waals surface area contributed by atoms with Crippen LogP contribution < -0.4 is 10.1 Å². The molecule has 0 spiro atoms. The van der Waals surface area contributed by atoms with Crippen LogP contribution in [0.2, 0.25) is 5.02 Å². The molecule has 0 radical (unpaired) electrons. The van der Waals surface area contributed by atoms with Crippen LogP contribution in [0, 0.1) is 21.4 Å². The predicted molar refractivity (Wildman–Crippen MR) is 98.9 cm³/mol. The number of hydrogen-bond donors (Lipinski definition) is 1. The Kier molecular flexibility index (Phi) is 6.90. The number of nitro groups is 1. The van der Waals surface area contributed by atoms with Crippen LogP contribution in [0.25, 0.3) is 0 Å². The molecule has 28 heavy (non-hydrogen) atoms. The van der Waals surface area contributed by atoms with E-state index in [1.807, 2.05) is 0 Å². The van der Waals surface area contributed by atoms with Gasteiger partial charge in [-0.15, -0.1) is 0 Å². The van der Waals surface area contributed by atoms with Gasteiger partial charge < -0.3 is 14.8 Å². The van der Waals surface area contributed by atoms with Crippen molar-refractivity contribution in [2.24, 2.45) is 0 Å². The average Bonchev–Trinajstić information content (AvgIpc) is 2.67. The van der Waals surface area contributed by atoms with Gasteiger partial charge in [0.25, 0.3) is 11.6 Å². The lowest BCUT2D eigenvalue weighted by atomic mass is 10.1. The first kappa shape index (κ1) is 20.7. The molecule has 10 heteroatoms. The Labute approximate surface area is 164 Å². The number of ether oxygens (including phenoxy) is 2. The van der Waals surface area contributed by atoms with Gasteiger partial charge in [0.15, 0.2) is 12.7 Å². The lowest BCUT2D eigenvalue weighted by Gasteiger charge is -2.14. The van der Waals surface area contributed by atoms with Crippen LogP contribution in [0.4, 0.5) is 11.4 Å². The summed E-state index contributed by atoms with van der Waals surface area (Å²) in [5.74, 6) is -1.07. The van der Waals surface area contributed by atoms with Gasteiger partial charge in [-0.05, 0) is 37.3 Å². The maximum atomic E-state index is 11.9. The zero-order valence-electron chi connectivity index (χ0n) is 14.5. The van der Waals surface area contributed by atoms with E-state index in [1.165, 1.54) is 13.0 Å². The number of nitrogens with zero attached hydrogens (tertiary/aromatic N) is 2. The number of carbonyl (C=O) groups is 2. The summed E-state index contributed by atoms with van der Waals surface area (Å²) in [6.45, 7) is 0.841. The third kappa shape index (κ3) is 5.69. The Bertz CT molecular complexity index is 939. The van der Waals surface area contributed by atoms with Gasteiger partial charge in [0, 0.05) is 17.2 Å². The van der Waals surface area contributed by atoms with Gasteiger partial charge in [-0.2, -0.15) is 5.26 Å². The molecule has 2 aromatic rings. The molecule has 0 heterocycles. The second-order valence-corrected chi connectivity index (χ2v) is 5.91. The molecule has 0 aliphatic heterocycles. The number of nitrogens with one attached hydrogen (secondary N) is 1. The van der Waals surface area contributed by atoms with Crippen molar-refractivity contribution in [3.63, 3.8) is 0 Å². The molecule has 0 unspecified atom stereocenters. The van der Waals surface area contributed by atoms with Gasteiger partial charge in [-0.3, -0.25) is 14.9 Å². The van der Waals surface area contributed by atoms with Crippen molar-refractivity contribution in [1.29, 1.82) is 5.26 Å². The minimum absolute atomic E-state index is 0.0691. The van der Waals surface area contributed by atoms with Crippen molar-refractivity contribution < 1.29 is 24.0 Å². The molecule has 9 nitrogen and oxygen atoms in total. The van der Waals surface area contributed by atoms with Crippen LogP contribution >= 0.6 is 11.6 Å². The lowest BCUT2D eigenvalue weighted by Crippen LogP contribution is -2.29. The van der Waals surface area contributed by atoms with Crippen molar-refractivity contribution in [2.45, 2.75) is 13.0 Å². The van der Waals surface area contributed by atoms with Crippen molar-refractivity contribution in [2.75, 3.05) is 11.9 Å². The number of non-ortho nitro benzene ring substituents is 1. The maximum Gasteiger partial charge on any atom is 0.347 e. The molecule has 144 valence electrons. The monoisotopic (exact) mass is 403 g/mol. The average molecular weight is 404 g/mol. The van der Waals surface area contributed by atoms with Gasteiger partial charge in [0.05, 0.1) is 16.2 Å². The van der Waals surface area contributed by atoms with E-state index in [9.17, 15) is 19.7 Å². The Morgan fingerprint density at radius 3 is 2.57 bits per heavy atom. The zero-order chi connectivity index (χ0) is 20.7. The van der Waals surface area contributed by atoms with E-state index in [0.717, 1.165) is 12.1 Å². The van der Waals surface area contributed by atoms with Crippen LogP contribution in [-0.4, -0.2) is 29.5 Å². The minimum Gasteiger partial charge on any atom is -0.479 e. The fraction of sp³-hybridized carbons (Fsp3) is 0.167. The lowest BCUT2D eigenvalue weighted by molar-refractivity contribution is -0.384. The third-order valence-corrected chi connectivity index (χ3v) is 3.66. The first-order chi connectivity index (χ1) is 13.3. The van der Waals surface area contributed by atoms with Crippen molar-refractivity contribution >= 4 is 34.9 Å². The van der Waals surface area contributed by atoms with Crippen LogP contribution in [0.5, 0.6) is 5.75 Å². The van der Waals surface area contributed by atoms with Gasteiger partial charge in [-0.1, -0.05) is 11.6 Å². The number of rotatable bonds is 7. The largest absolute Gasteiger partial charge is 0.479 e. The molecular formula is C18H14ClN3O6. The molecule has 0 saturated heterocycles. The van der Waals surface area contributed by atoms with E-state index < -0.39 is 29.5 Å². The third-order valence-electron chi connectivity index (χ3n) is 3.41. The Balaban J connectivity index is 1.89. The molecule has 1 N–H and O–H groups in total. The normalized spacial score (nSPS) is 11.0. The number of benzene rings is 2. The first-order valence-electron chi connectivity index (χ1n) is 7.87. The fourth-order valence-corrected chi connectivity index (χ4v) is 2.18. The summed E-state index contributed by atoms with van der Waals surface area (Å²) in [7, 11) is 0. The highest BCUT2D eigenvalue weighted by Gasteiger charge is 2.19. The molecule has 1 amide bonds. The molecule has 0 saturated carbocycles. The molecular weight excluding hydrogens is 390 g/mol. The summed E-state index contributed by atoms with van der Waals surface area (Å²) in [6, 6.07) is 11.5. The molecule has 0 fully saturated rings. The van der Waals surface area contributed by atoms with E-state index in [1.54, 1.807) is 30.3 Å². The first-order valence-corrected chi connectivity index (χ1v) is 8.25. The second-order valence-electron chi connectivity index (χ2n) is 5.47. The number of esters is 1. The van der Waals surface area contributed by atoms with Crippen LogP contribution in [0.15, 0.2) is 42.5 Å². The van der Waals surface area contributed by atoms with Gasteiger partial charge >= 0.3 is 5.97 Å². The molecule has 1 atom stereocenters. The number of nitriles is 1. The highest BCUT2D eigenvalue weighted by molar-refractivity contribution is 6.30. The number of hydrogen-bond acceptors (Lipinski definition) is 7. The highest BCUT2D eigenvalue weighted by atomic mass is 35.5. The quantitative estimate of drug-likeness (QED) is 0.426. The molecule has 0 aliphatic carbocycles. The summed E-state index contributed by atoms with van der Waals surface area (Å²) in [4.78, 5) is 33.9. The number of halogens is 1. The zero-order valence-corrected chi connectivity index (χ0v) is 15.3. The number of carbonyl (C=O) groups excluding carboxylic acids is 2. The van der Waals surface area contributed by atoms with Crippen molar-refractivity contribution in [3.05, 3.63) is 63.2 Å². The minimum atomic E-state index is -0.969. The smallest absolute Gasteiger partial charge is 0.347 e. The predicted octanol–water partition coefficient (Wildman–Crippen LogP) is 3.07. The van der Waals surface area contributed by atoms with Crippen LogP contribution in [-0.2, 0) is 14.3 Å². The van der Waals surface area contributed by atoms with Crippen molar-refractivity contribution in [1.82, 2.24) is 0 Å². The van der Waals surface area contributed by atoms with E-state index in [4.69, 9.17) is 26.3 Å². The summed E-state index contributed by atoms with van der Waals surface area (Å²) in [5.41, 5.74) is -0.304. The molecule has 0 aromatic heterocycles. The van der Waals surface area contributed by atoms with E-state index in [-0.39, 0.29) is 16.9 Å². The van der Waals surface area contributed by atoms with Gasteiger partial charge in [-0.25, -0.2) is 4.79 Å². The number of amides is 1. The van der Waals surface area contributed by atoms with Crippen LogP contribution in [0.1, 0.15) is 12.5 Å².